The molecule has 0 aliphatic carbocycles. The molecule has 1 aromatic carbocycles. The van der Waals surface area contributed by atoms with Crippen molar-refractivity contribution in [3.8, 4) is 0 Å². The van der Waals surface area contributed by atoms with Gasteiger partial charge in [0.1, 0.15) is 12.2 Å². The van der Waals surface area contributed by atoms with Gasteiger partial charge >= 0.3 is 11.4 Å². The maximum Gasteiger partial charge on any atom is 0.305 e. The lowest BCUT2D eigenvalue weighted by molar-refractivity contribution is -0.263. The molecule has 0 bridgehead atoms. The topological polar surface area (TPSA) is 54.0 Å². The van der Waals surface area contributed by atoms with E-state index in [-0.39, 0.29) is 18.8 Å². The molecule has 2 aliphatic heterocycles. The van der Waals surface area contributed by atoms with Crippen molar-refractivity contribution in [2.45, 2.75) is 18.5 Å². The Hall–Kier alpha value is -0.790. The Morgan fingerprint density at radius 1 is 1.12 bits per heavy atom. The molecule has 2 saturated heterocycles. The summed E-state index contributed by atoms with van der Waals surface area (Å²) in [6.45, 7) is 0.628. The Labute approximate surface area is 101 Å². The summed E-state index contributed by atoms with van der Waals surface area (Å²) in [5, 5.41) is 0. The fourth-order valence-corrected chi connectivity index (χ4v) is 2.53. The Morgan fingerprint density at radius 3 is 2.76 bits per heavy atom. The zero-order valence-electron chi connectivity index (χ0n) is 8.98. The molecule has 6 heteroatoms. The molecule has 0 spiro atoms. The molecule has 0 amide bonds. The molecule has 1 aromatic rings. The van der Waals surface area contributed by atoms with E-state index < -0.39 is 17.7 Å². The van der Waals surface area contributed by atoms with Crippen LogP contribution in [0.15, 0.2) is 30.3 Å². The first-order chi connectivity index (χ1) is 8.33. The van der Waals surface area contributed by atoms with E-state index in [1.54, 1.807) is 0 Å². The summed E-state index contributed by atoms with van der Waals surface area (Å²) in [7, 11) is 0. The standard InChI is InChI=1S/C11H12O5S/c12-17-14-7-9-10(16-17)6-13-11(15-9)8-4-2-1-3-5-8/h1-5,9-11H,6-7H2/t9-,10+,11?,17-/m1/s1. The normalized spacial score (nSPS) is 37.4. The number of ether oxygens (including phenoxy) is 2. The van der Waals surface area contributed by atoms with Crippen LogP contribution in [0.5, 0.6) is 0 Å². The van der Waals surface area contributed by atoms with Crippen molar-refractivity contribution in [3.05, 3.63) is 35.9 Å². The highest BCUT2D eigenvalue weighted by atomic mass is 32.2. The number of hydrogen-bond donors (Lipinski definition) is 0. The van der Waals surface area contributed by atoms with Gasteiger partial charge in [-0.25, -0.2) is 0 Å². The summed E-state index contributed by atoms with van der Waals surface area (Å²) in [6, 6.07) is 9.67. The smallest absolute Gasteiger partial charge is 0.305 e. The van der Waals surface area contributed by atoms with E-state index in [2.05, 4.69) is 0 Å². The van der Waals surface area contributed by atoms with Crippen LogP contribution in [0.3, 0.4) is 0 Å². The summed E-state index contributed by atoms with van der Waals surface area (Å²) in [6.07, 6.45) is -0.951. The van der Waals surface area contributed by atoms with Gasteiger partial charge in [0.25, 0.3) is 0 Å². The minimum absolute atomic E-state index is 0.230. The molecule has 5 nitrogen and oxygen atoms in total. The molecule has 2 heterocycles. The fourth-order valence-electron chi connectivity index (χ4n) is 1.85. The van der Waals surface area contributed by atoms with Crippen LogP contribution in [-0.4, -0.2) is 29.6 Å². The van der Waals surface area contributed by atoms with Gasteiger partial charge in [0.05, 0.1) is 13.2 Å². The second kappa shape index (κ2) is 4.83. The molecule has 0 saturated carbocycles. The highest BCUT2D eigenvalue weighted by Crippen LogP contribution is 2.29. The molecular formula is C11H12O5S. The van der Waals surface area contributed by atoms with Gasteiger partial charge in [0, 0.05) is 5.56 Å². The molecule has 2 fully saturated rings. The van der Waals surface area contributed by atoms with Gasteiger partial charge in [-0.15, -0.1) is 0 Å². The van der Waals surface area contributed by atoms with Gasteiger partial charge in [-0.3, -0.25) is 8.37 Å². The van der Waals surface area contributed by atoms with E-state index in [1.165, 1.54) is 0 Å². The molecule has 2 aliphatic rings. The summed E-state index contributed by atoms with van der Waals surface area (Å²) in [5.41, 5.74) is 0.956. The average Bonchev–Trinajstić information content (AvgIpc) is 2.39. The van der Waals surface area contributed by atoms with Crippen molar-refractivity contribution in [1.82, 2.24) is 0 Å². The summed E-state index contributed by atoms with van der Waals surface area (Å²) in [4.78, 5) is 0. The van der Waals surface area contributed by atoms with Crippen LogP contribution in [0.25, 0.3) is 0 Å². The van der Waals surface area contributed by atoms with Crippen LogP contribution in [0.4, 0.5) is 0 Å². The van der Waals surface area contributed by atoms with Crippen molar-refractivity contribution in [2.75, 3.05) is 13.2 Å². The minimum atomic E-state index is -1.67. The van der Waals surface area contributed by atoms with E-state index in [0.717, 1.165) is 5.56 Å². The molecule has 0 radical (unpaired) electrons. The van der Waals surface area contributed by atoms with Gasteiger partial charge in [-0.05, 0) is 0 Å². The van der Waals surface area contributed by atoms with E-state index in [1.807, 2.05) is 30.3 Å². The number of hydrogen-bond acceptors (Lipinski definition) is 5. The van der Waals surface area contributed by atoms with Crippen LogP contribution in [0, 0.1) is 0 Å². The third kappa shape index (κ3) is 2.41. The maximum atomic E-state index is 11.0. The first-order valence-corrected chi connectivity index (χ1v) is 6.37. The highest BCUT2D eigenvalue weighted by Gasteiger charge is 2.38. The first-order valence-electron chi connectivity index (χ1n) is 5.37. The third-order valence-corrected chi connectivity index (χ3v) is 3.46. The fraction of sp³-hybridized carbons (Fsp3) is 0.455. The monoisotopic (exact) mass is 256 g/mol. The molecule has 92 valence electrons. The van der Waals surface area contributed by atoms with Crippen molar-refractivity contribution < 1.29 is 22.0 Å². The highest BCUT2D eigenvalue weighted by molar-refractivity contribution is 7.75. The molecule has 1 unspecified atom stereocenters. The van der Waals surface area contributed by atoms with Crippen LogP contribution >= 0.6 is 0 Å². The number of fused-ring (bicyclic) bond motifs is 1. The van der Waals surface area contributed by atoms with Crippen LogP contribution in [0.2, 0.25) is 0 Å². The maximum absolute atomic E-state index is 11.0. The third-order valence-electron chi connectivity index (χ3n) is 2.73. The van der Waals surface area contributed by atoms with E-state index >= 15 is 0 Å². The van der Waals surface area contributed by atoms with Crippen LogP contribution < -0.4 is 0 Å². The lowest BCUT2D eigenvalue weighted by Gasteiger charge is -2.37. The first kappa shape index (κ1) is 11.3. The van der Waals surface area contributed by atoms with E-state index in [9.17, 15) is 4.21 Å². The second-order valence-corrected chi connectivity index (χ2v) is 4.71. The molecule has 17 heavy (non-hydrogen) atoms. The number of rotatable bonds is 1. The predicted molar refractivity (Wildman–Crippen MR) is 59.0 cm³/mol. The summed E-state index contributed by atoms with van der Waals surface area (Å²) >= 11 is -1.67. The molecule has 0 N–H and O–H groups in total. The minimum Gasteiger partial charge on any atom is -0.346 e. The van der Waals surface area contributed by atoms with Gasteiger partial charge < -0.3 is 9.47 Å². The van der Waals surface area contributed by atoms with Gasteiger partial charge in [-0.2, -0.15) is 4.21 Å². The average molecular weight is 256 g/mol. The SMILES string of the molecule is O=[S@@]1OC[C@H]2OC(c3ccccc3)OC[C@@H]2O1. The molecular weight excluding hydrogens is 244 g/mol. The van der Waals surface area contributed by atoms with Crippen molar-refractivity contribution in [1.29, 1.82) is 0 Å². The number of benzene rings is 1. The van der Waals surface area contributed by atoms with Gasteiger partial charge in [-0.1, -0.05) is 30.3 Å². The Balaban J connectivity index is 1.70. The van der Waals surface area contributed by atoms with E-state index in [4.69, 9.17) is 17.8 Å². The quantitative estimate of drug-likeness (QED) is 0.753. The summed E-state index contributed by atoms with van der Waals surface area (Å²) in [5.74, 6) is 0. The molecule has 0 aromatic heterocycles. The largest absolute Gasteiger partial charge is 0.346 e. The second-order valence-electron chi connectivity index (χ2n) is 3.87. The summed E-state index contributed by atoms with van der Waals surface area (Å²) < 4.78 is 32.3. The Kier molecular flexibility index (Phi) is 3.21. The Bertz CT molecular complexity index is 410. The van der Waals surface area contributed by atoms with E-state index in [0.29, 0.717) is 6.61 Å². The van der Waals surface area contributed by atoms with Crippen molar-refractivity contribution in [3.63, 3.8) is 0 Å². The van der Waals surface area contributed by atoms with Crippen molar-refractivity contribution in [2.24, 2.45) is 0 Å². The Morgan fingerprint density at radius 2 is 1.94 bits per heavy atom. The van der Waals surface area contributed by atoms with Crippen molar-refractivity contribution >= 4 is 11.4 Å². The van der Waals surface area contributed by atoms with Gasteiger partial charge in [0.2, 0.25) is 0 Å². The lowest BCUT2D eigenvalue weighted by atomic mass is 10.1. The zero-order chi connectivity index (χ0) is 11.7. The molecule has 3 rings (SSSR count). The van der Waals surface area contributed by atoms with Gasteiger partial charge in [0.15, 0.2) is 6.29 Å². The zero-order valence-corrected chi connectivity index (χ0v) is 9.80. The van der Waals surface area contributed by atoms with Crippen LogP contribution in [0.1, 0.15) is 11.9 Å². The lowest BCUT2D eigenvalue weighted by Crippen LogP contribution is -2.48. The van der Waals surface area contributed by atoms with Crippen LogP contribution in [-0.2, 0) is 29.2 Å². The predicted octanol–water partition coefficient (Wildman–Crippen LogP) is 1.09. The molecule has 4 atom stereocenters.